The Bertz CT molecular complexity index is 279. The van der Waals surface area contributed by atoms with Crippen LogP contribution >= 0.6 is 11.6 Å². The molecule has 1 heterocycles. The van der Waals surface area contributed by atoms with Crippen LogP contribution in [-0.4, -0.2) is 36.9 Å². The summed E-state index contributed by atoms with van der Waals surface area (Å²) in [6.45, 7) is 4.59. The molecular formula is C9H18ClNO2S. The first-order valence-corrected chi connectivity index (χ1v) is 7.22. The number of hydrogen-bond donors (Lipinski definition) is 0. The summed E-state index contributed by atoms with van der Waals surface area (Å²) in [5, 5.41) is 0. The number of sulfonamides is 1. The van der Waals surface area contributed by atoms with E-state index in [-0.39, 0.29) is 11.8 Å². The first kappa shape index (κ1) is 12.3. The van der Waals surface area contributed by atoms with Gasteiger partial charge in [0.05, 0.1) is 5.75 Å². The third-order valence-corrected chi connectivity index (χ3v) is 5.22. The lowest BCUT2D eigenvalue weighted by Gasteiger charge is -2.24. The van der Waals surface area contributed by atoms with Crippen LogP contribution in [0, 0.1) is 5.92 Å². The van der Waals surface area contributed by atoms with E-state index in [1.807, 2.05) is 6.92 Å². The summed E-state index contributed by atoms with van der Waals surface area (Å²) in [4.78, 5) is 0. The Labute approximate surface area is 91.5 Å². The topological polar surface area (TPSA) is 37.4 Å². The lowest BCUT2D eigenvalue weighted by atomic mass is 10.1. The second kappa shape index (κ2) is 4.81. The Kier molecular flexibility index (Phi) is 4.22. The van der Waals surface area contributed by atoms with Gasteiger partial charge >= 0.3 is 0 Å². The Morgan fingerprint density at radius 2 is 2.14 bits per heavy atom. The highest BCUT2D eigenvalue weighted by molar-refractivity contribution is 7.89. The number of rotatable bonds is 4. The van der Waals surface area contributed by atoms with Crippen LogP contribution in [0.4, 0.5) is 0 Å². The molecular weight excluding hydrogens is 222 g/mol. The molecule has 1 rings (SSSR count). The predicted octanol–water partition coefficient (Wildman–Crippen LogP) is 1.68. The van der Waals surface area contributed by atoms with Gasteiger partial charge < -0.3 is 0 Å². The van der Waals surface area contributed by atoms with Gasteiger partial charge in [-0.15, -0.1) is 11.6 Å². The fourth-order valence-electron chi connectivity index (χ4n) is 1.92. The van der Waals surface area contributed by atoms with Gasteiger partial charge in [0.2, 0.25) is 10.0 Å². The summed E-state index contributed by atoms with van der Waals surface area (Å²) in [6.07, 6.45) is 1.60. The first-order chi connectivity index (χ1) is 6.53. The van der Waals surface area contributed by atoms with E-state index in [1.165, 1.54) is 0 Å². The highest BCUT2D eigenvalue weighted by Crippen LogP contribution is 2.27. The van der Waals surface area contributed by atoms with Crippen molar-refractivity contribution in [1.29, 1.82) is 0 Å². The van der Waals surface area contributed by atoms with Gasteiger partial charge in [-0.05, 0) is 18.8 Å². The lowest BCUT2D eigenvalue weighted by Crippen LogP contribution is -2.39. The molecule has 0 radical (unpaired) electrons. The molecule has 0 aromatic rings. The molecule has 0 amide bonds. The molecule has 84 valence electrons. The first-order valence-electron chi connectivity index (χ1n) is 5.08. The molecule has 0 N–H and O–H groups in total. The van der Waals surface area contributed by atoms with E-state index in [1.54, 1.807) is 4.31 Å². The van der Waals surface area contributed by atoms with Crippen molar-refractivity contribution < 1.29 is 8.42 Å². The average molecular weight is 240 g/mol. The zero-order valence-corrected chi connectivity index (χ0v) is 10.3. The van der Waals surface area contributed by atoms with Crippen molar-refractivity contribution in [2.24, 2.45) is 5.92 Å². The van der Waals surface area contributed by atoms with Crippen LogP contribution in [0.25, 0.3) is 0 Å². The summed E-state index contributed by atoms with van der Waals surface area (Å²) >= 11 is 5.80. The zero-order valence-electron chi connectivity index (χ0n) is 8.74. The van der Waals surface area contributed by atoms with E-state index >= 15 is 0 Å². The van der Waals surface area contributed by atoms with E-state index in [0.29, 0.717) is 24.8 Å². The number of nitrogens with zero attached hydrogens (tertiary/aromatic N) is 1. The Morgan fingerprint density at radius 1 is 1.50 bits per heavy atom. The maximum absolute atomic E-state index is 11.8. The molecule has 1 saturated heterocycles. The summed E-state index contributed by atoms with van der Waals surface area (Å²) < 4.78 is 25.2. The van der Waals surface area contributed by atoms with Gasteiger partial charge in [0.1, 0.15) is 0 Å². The van der Waals surface area contributed by atoms with Crippen LogP contribution in [0.3, 0.4) is 0 Å². The van der Waals surface area contributed by atoms with E-state index in [2.05, 4.69) is 6.92 Å². The van der Waals surface area contributed by atoms with Gasteiger partial charge in [-0.2, -0.15) is 4.31 Å². The molecule has 5 heteroatoms. The maximum atomic E-state index is 11.8. The molecule has 14 heavy (non-hydrogen) atoms. The molecule has 1 fully saturated rings. The van der Waals surface area contributed by atoms with Crippen molar-refractivity contribution >= 4 is 21.6 Å². The zero-order chi connectivity index (χ0) is 10.8. The second-order valence-electron chi connectivity index (χ2n) is 3.91. The Hall–Kier alpha value is 0.200. The molecule has 2 unspecified atom stereocenters. The molecule has 0 aromatic carbocycles. The molecule has 0 aliphatic carbocycles. The van der Waals surface area contributed by atoms with Crippen molar-refractivity contribution in [2.45, 2.75) is 32.7 Å². The fourth-order valence-corrected chi connectivity index (χ4v) is 4.30. The molecule has 3 nitrogen and oxygen atoms in total. The smallest absolute Gasteiger partial charge is 0.212 e. The number of alkyl halides is 1. The predicted molar refractivity (Wildman–Crippen MR) is 59.1 cm³/mol. The number of halogens is 1. The number of hydrogen-bond acceptors (Lipinski definition) is 2. The minimum absolute atomic E-state index is 0.00761. The summed E-state index contributed by atoms with van der Waals surface area (Å²) in [6, 6.07) is 0.00761. The molecule has 0 bridgehead atoms. The molecule has 1 aliphatic rings. The quantitative estimate of drug-likeness (QED) is 0.700. The van der Waals surface area contributed by atoms with Crippen LogP contribution in [-0.2, 0) is 10.0 Å². The Balaban J connectivity index is 2.78. The van der Waals surface area contributed by atoms with Crippen molar-refractivity contribution in [2.75, 3.05) is 18.2 Å². The van der Waals surface area contributed by atoms with Crippen molar-refractivity contribution in [3.8, 4) is 0 Å². The summed E-state index contributed by atoms with van der Waals surface area (Å²) in [5.74, 6) is 1.04. The third-order valence-electron chi connectivity index (χ3n) is 2.81. The van der Waals surface area contributed by atoms with E-state index in [9.17, 15) is 8.42 Å². The largest absolute Gasteiger partial charge is 0.214 e. The van der Waals surface area contributed by atoms with Gasteiger partial charge in [-0.1, -0.05) is 13.8 Å². The van der Waals surface area contributed by atoms with Crippen molar-refractivity contribution in [3.63, 3.8) is 0 Å². The van der Waals surface area contributed by atoms with Crippen molar-refractivity contribution in [1.82, 2.24) is 4.31 Å². The van der Waals surface area contributed by atoms with Crippen LogP contribution in [0.5, 0.6) is 0 Å². The summed E-state index contributed by atoms with van der Waals surface area (Å²) in [7, 11) is -3.06. The molecule has 0 saturated carbocycles. The molecule has 1 aliphatic heterocycles. The normalized spacial score (nSPS) is 29.6. The lowest BCUT2D eigenvalue weighted by molar-refractivity contribution is 0.375. The van der Waals surface area contributed by atoms with Gasteiger partial charge in [0.25, 0.3) is 0 Å². The van der Waals surface area contributed by atoms with Crippen LogP contribution < -0.4 is 0 Å². The molecule has 0 spiro atoms. The van der Waals surface area contributed by atoms with Gasteiger partial charge in [0, 0.05) is 18.5 Å². The van der Waals surface area contributed by atoms with Crippen LogP contribution in [0.15, 0.2) is 0 Å². The SMILES string of the molecule is CCCS(=O)(=O)N1CCC(C)C1CCl. The highest BCUT2D eigenvalue weighted by atomic mass is 35.5. The monoisotopic (exact) mass is 239 g/mol. The minimum Gasteiger partial charge on any atom is -0.212 e. The van der Waals surface area contributed by atoms with Crippen molar-refractivity contribution in [3.05, 3.63) is 0 Å². The van der Waals surface area contributed by atoms with Crippen LogP contribution in [0.2, 0.25) is 0 Å². The highest BCUT2D eigenvalue weighted by Gasteiger charge is 2.37. The van der Waals surface area contributed by atoms with E-state index in [0.717, 1.165) is 6.42 Å². The maximum Gasteiger partial charge on any atom is 0.214 e. The van der Waals surface area contributed by atoms with E-state index in [4.69, 9.17) is 11.6 Å². The minimum atomic E-state index is -3.06. The fraction of sp³-hybridized carbons (Fsp3) is 1.00. The third kappa shape index (κ3) is 2.41. The van der Waals surface area contributed by atoms with Gasteiger partial charge in [-0.25, -0.2) is 8.42 Å². The summed E-state index contributed by atoms with van der Waals surface area (Å²) in [5.41, 5.74) is 0. The second-order valence-corrected chi connectivity index (χ2v) is 6.26. The standard InChI is InChI=1S/C9H18ClNO2S/c1-3-6-14(12,13)11-5-4-8(2)9(11)7-10/h8-9H,3-7H2,1-2H3. The van der Waals surface area contributed by atoms with Gasteiger partial charge in [0.15, 0.2) is 0 Å². The Morgan fingerprint density at radius 3 is 2.64 bits per heavy atom. The van der Waals surface area contributed by atoms with Gasteiger partial charge in [-0.3, -0.25) is 0 Å². The average Bonchev–Trinajstić information content (AvgIpc) is 2.47. The molecule has 2 atom stereocenters. The molecule has 0 aromatic heterocycles. The van der Waals surface area contributed by atoms with Crippen LogP contribution in [0.1, 0.15) is 26.7 Å². The van der Waals surface area contributed by atoms with E-state index < -0.39 is 10.0 Å².